The number of benzene rings is 1. The van der Waals surface area contributed by atoms with Crippen molar-refractivity contribution < 1.29 is 23.8 Å². The van der Waals surface area contributed by atoms with Crippen molar-refractivity contribution in [3.8, 4) is 5.88 Å². The molecule has 4 aliphatic rings. The van der Waals surface area contributed by atoms with Gasteiger partial charge in [-0.1, -0.05) is 12.1 Å². The molecule has 0 unspecified atom stereocenters. The number of carbonyl (C=O) groups excluding carboxylic acids is 1. The number of likely N-dealkylation sites (tertiary alicyclic amines) is 1. The van der Waals surface area contributed by atoms with Crippen LogP contribution in [0, 0.1) is 5.82 Å². The summed E-state index contributed by atoms with van der Waals surface area (Å²) in [5.74, 6) is 0.0881. The van der Waals surface area contributed by atoms with Crippen LogP contribution in [0.5, 0.6) is 5.88 Å². The molecule has 1 aromatic carbocycles. The van der Waals surface area contributed by atoms with Crippen LogP contribution in [0.25, 0.3) is 0 Å². The molecule has 0 spiro atoms. The van der Waals surface area contributed by atoms with E-state index in [0.717, 1.165) is 50.3 Å². The fourth-order valence-electron chi connectivity index (χ4n) is 6.47. The highest BCUT2D eigenvalue weighted by atomic mass is 19.1. The SMILES string of the molecule is C[C@@H]1CN(CC(=O)N2c3cc(Cc4ccc(F)cc4)c(CO)nc3OC[C@@H]2C)[C@@H](CN2C[C@@H]3C[C@H]2CO3)CN1. The molecule has 9 nitrogen and oxygen atoms in total. The van der Waals surface area contributed by atoms with Crippen LogP contribution in [0.1, 0.15) is 37.1 Å². The number of morpholine rings is 1. The second-order valence-corrected chi connectivity index (χ2v) is 11.5. The van der Waals surface area contributed by atoms with Crippen LogP contribution in [0.15, 0.2) is 30.3 Å². The second kappa shape index (κ2) is 11.1. The standard InChI is InChI=1S/C29H38FN5O4/c1-18-11-33(24(10-31-18)12-34-13-25-9-23(34)17-38-25)14-28(37)35-19(2)16-39-29-27(35)8-21(26(15-36)32-29)7-20-3-5-22(30)6-4-20/h3-6,8,18-19,23-25,31,36H,7,9-17H2,1-2H3/t18-,19+,23+,24-,25+/m1/s1. The maximum absolute atomic E-state index is 14.0. The van der Waals surface area contributed by atoms with Gasteiger partial charge in [-0.2, -0.15) is 0 Å². The van der Waals surface area contributed by atoms with Gasteiger partial charge in [-0.05, 0) is 56.0 Å². The van der Waals surface area contributed by atoms with Crippen molar-refractivity contribution in [2.24, 2.45) is 0 Å². The lowest BCUT2D eigenvalue weighted by Gasteiger charge is -2.43. The number of piperazine rings is 1. The summed E-state index contributed by atoms with van der Waals surface area (Å²) in [7, 11) is 0. The van der Waals surface area contributed by atoms with Crippen molar-refractivity contribution in [2.75, 3.05) is 50.8 Å². The van der Waals surface area contributed by atoms with E-state index in [1.807, 2.05) is 17.9 Å². The Hall–Kier alpha value is -2.63. The molecule has 5 heterocycles. The number of nitrogens with one attached hydrogen (secondary N) is 1. The van der Waals surface area contributed by atoms with E-state index in [9.17, 15) is 14.3 Å². The molecule has 3 fully saturated rings. The molecule has 0 radical (unpaired) electrons. The summed E-state index contributed by atoms with van der Waals surface area (Å²) in [6, 6.07) is 9.08. The number of nitrogens with zero attached hydrogens (tertiary/aromatic N) is 4. The number of hydrogen-bond donors (Lipinski definition) is 2. The van der Waals surface area contributed by atoms with Crippen LogP contribution in [-0.2, 0) is 22.6 Å². The number of hydrogen-bond acceptors (Lipinski definition) is 8. The van der Waals surface area contributed by atoms with Crippen molar-refractivity contribution in [1.29, 1.82) is 0 Å². The molecule has 6 rings (SSSR count). The monoisotopic (exact) mass is 539 g/mol. The van der Waals surface area contributed by atoms with Gasteiger partial charge in [0.15, 0.2) is 0 Å². The van der Waals surface area contributed by atoms with E-state index in [-0.39, 0.29) is 30.4 Å². The molecule has 10 heteroatoms. The lowest BCUT2D eigenvalue weighted by atomic mass is 10.0. The van der Waals surface area contributed by atoms with E-state index in [2.05, 4.69) is 27.0 Å². The van der Waals surface area contributed by atoms with Crippen molar-refractivity contribution in [1.82, 2.24) is 20.1 Å². The van der Waals surface area contributed by atoms with Gasteiger partial charge in [0.2, 0.25) is 11.8 Å². The van der Waals surface area contributed by atoms with E-state index in [0.29, 0.717) is 55.0 Å². The van der Waals surface area contributed by atoms with E-state index in [4.69, 9.17) is 9.47 Å². The second-order valence-electron chi connectivity index (χ2n) is 11.5. The number of ether oxygens (including phenoxy) is 2. The highest BCUT2D eigenvalue weighted by molar-refractivity contribution is 5.97. The Morgan fingerprint density at radius 3 is 2.72 bits per heavy atom. The third-order valence-electron chi connectivity index (χ3n) is 8.55. The number of aliphatic hydroxyl groups is 1. The molecule has 210 valence electrons. The summed E-state index contributed by atoms with van der Waals surface area (Å²) in [4.78, 5) is 25.2. The molecule has 39 heavy (non-hydrogen) atoms. The maximum Gasteiger partial charge on any atom is 0.241 e. The Morgan fingerprint density at radius 1 is 1.18 bits per heavy atom. The number of amides is 1. The molecule has 0 aliphatic carbocycles. The molecular formula is C29H38FN5O4. The number of carbonyl (C=O) groups is 1. The van der Waals surface area contributed by atoms with Crippen LogP contribution < -0.4 is 15.0 Å². The average Bonchev–Trinajstić information content (AvgIpc) is 3.54. The fourth-order valence-corrected chi connectivity index (χ4v) is 6.47. The van der Waals surface area contributed by atoms with Gasteiger partial charge in [0.05, 0.1) is 37.6 Å². The summed E-state index contributed by atoms with van der Waals surface area (Å²) in [5, 5.41) is 13.6. The number of rotatable bonds is 7. The molecule has 0 saturated carbocycles. The summed E-state index contributed by atoms with van der Waals surface area (Å²) in [6.07, 6.45) is 1.93. The Morgan fingerprint density at radius 2 is 2.00 bits per heavy atom. The third kappa shape index (κ3) is 5.53. The predicted octanol–water partition coefficient (Wildman–Crippen LogP) is 1.55. The smallest absolute Gasteiger partial charge is 0.241 e. The summed E-state index contributed by atoms with van der Waals surface area (Å²) >= 11 is 0. The minimum absolute atomic E-state index is 0.0173. The molecule has 4 aliphatic heterocycles. The zero-order chi connectivity index (χ0) is 27.1. The zero-order valence-corrected chi connectivity index (χ0v) is 22.7. The van der Waals surface area contributed by atoms with Gasteiger partial charge in [-0.3, -0.25) is 14.6 Å². The highest BCUT2D eigenvalue weighted by Gasteiger charge is 2.41. The predicted molar refractivity (Wildman–Crippen MR) is 144 cm³/mol. The lowest BCUT2D eigenvalue weighted by Crippen LogP contribution is -2.62. The van der Waals surface area contributed by atoms with Gasteiger partial charge in [-0.15, -0.1) is 0 Å². The minimum atomic E-state index is -0.296. The Balaban J connectivity index is 1.23. The molecule has 1 amide bonds. The van der Waals surface area contributed by atoms with Crippen LogP contribution >= 0.6 is 0 Å². The largest absolute Gasteiger partial charge is 0.474 e. The van der Waals surface area contributed by atoms with E-state index >= 15 is 0 Å². The van der Waals surface area contributed by atoms with E-state index in [1.165, 1.54) is 12.1 Å². The van der Waals surface area contributed by atoms with Crippen LogP contribution in [0.3, 0.4) is 0 Å². The number of pyridine rings is 1. The van der Waals surface area contributed by atoms with Crippen LogP contribution in [0.2, 0.25) is 0 Å². The van der Waals surface area contributed by atoms with Gasteiger partial charge in [0, 0.05) is 44.3 Å². The minimum Gasteiger partial charge on any atom is -0.474 e. The molecular weight excluding hydrogens is 501 g/mol. The first-order chi connectivity index (χ1) is 18.9. The van der Waals surface area contributed by atoms with Crippen LogP contribution in [0.4, 0.5) is 10.1 Å². The van der Waals surface area contributed by atoms with Gasteiger partial charge in [0.1, 0.15) is 18.1 Å². The average molecular weight is 540 g/mol. The first-order valence-electron chi connectivity index (χ1n) is 14.0. The van der Waals surface area contributed by atoms with Crippen molar-refractivity contribution in [2.45, 2.75) is 63.6 Å². The Labute approximate surface area is 228 Å². The normalized spacial score (nSPS) is 28.9. The van der Waals surface area contributed by atoms with Gasteiger partial charge < -0.3 is 24.8 Å². The van der Waals surface area contributed by atoms with E-state index < -0.39 is 0 Å². The fraction of sp³-hybridized carbons (Fsp3) is 0.586. The first kappa shape index (κ1) is 26.6. The summed E-state index contributed by atoms with van der Waals surface area (Å²) in [5.41, 5.74) is 2.81. The van der Waals surface area contributed by atoms with Crippen molar-refractivity contribution in [3.05, 3.63) is 53.0 Å². The summed E-state index contributed by atoms with van der Waals surface area (Å²) < 4.78 is 25.2. The van der Waals surface area contributed by atoms with Gasteiger partial charge >= 0.3 is 0 Å². The number of anilines is 1. The number of aliphatic hydroxyl groups excluding tert-OH is 1. The molecule has 2 aromatic rings. The quantitative estimate of drug-likeness (QED) is 0.548. The van der Waals surface area contributed by atoms with E-state index in [1.54, 1.807) is 12.1 Å². The van der Waals surface area contributed by atoms with Crippen LogP contribution in [-0.4, -0.2) is 102 Å². The molecule has 3 saturated heterocycles. The zero-order valence-electron chi connectivity index (χ0n) is 22.7. The third-order valence-corrected chi connectivity index (χ3v) is 8.55. The highest BCUT2D eigenvalue weighted by Crippen LogP contribution is 2.35. The molecule has 5 atom stereocenters. The lowest BCUT2D eigenvalue weighted by molar-refractivity contribution is -0.121. The maximum atomic E-state index is 14.0. The summed E-state index contributed by atoms with van der Waals surface area (Å²) in [6.45, 7) is 8.91. The molecule has 1 aromatic heterocycles. The first-order valence-corrected chi connectivity index (χ1v) is 14.0. The number of aromatic nitrogens is 1. The number of halogens is 1. The molecule has 2 N–H and O–H groups in total. The Kier molecular flexibility index (Phi) is 7.56. The molecule has 2 bridgehead atoms. The van der Waals surface area contributed by atoms with Gasteiger partial charge in [-0.25, -0.2) is 9.37 Å². The van der Waals surface area contributed by atoms with Crippen molar-refractivity contribution in [3.63, 3.8) is 0 Å². The van der Waals surface area contributed by atoms with Crippen molar-refractivity contribution >= 4 is 11.6 Å². The van der Waals surface area contributed by atoms with Gasteiger partial charge in [0.25, 0.3) is 0 Å². The number of fused-ring (bicyclic) bond motifs is 3. The Bertz CT molecular complexity index is 1200. The topological polar surface area (TPSA) is 90.4 Å².